The van der Waals surface area contributed by atoms with Crippen LogP contribution in [0.15, 0.2) is 47.2 Å². The molecule has 0 aliphatic rings. The van der Waals surface area contributed by atoms with Crippen LogP contribution in [-0.4, -0.2) is 18.1 Å². The molecular formula is C18H16ClNO3S2. The number of nitrogens with one attached hydrogen (secondary N) is 1. The third-order valence-corrected chi connectivity index (χ3v) is 5.71. The van der Waals surface area contributed by atoms with Crippen molar-refractivity contribution < 1.29 is 14.6 Å². The smallest absolute Gasteiger partial charge is 0.255 e. The molecular weight excluding hydrogens is 378 g/mol. The molecule has 2 aromatic heterocycles. The minimum absolute atomic E-state index is 0.257. The van der Waals surface area contributed by atoms with Crippen molar-refractivity contribution in [3.05, 3.63) is 73.1 Å². The van der Waals surface area contributed by atoms with Crippen molar-refractivity contribution in [2.75, 3.05) is 7.11 Å². The van der Waals surface area contributed by atoms with Crippen LogP contribution in [0, 0.1) is 0 Å². The quantitative estimate of drug-likeness (QED) is 0.649. The minimum atomic E-state index is -0.631. The normalized spacial score (nSPS) is 12.0. The van der Waals surface area contributed by atoms with Crippen LogP contribution in [0.2, 0.25) is 5.02 Å². The summed E-state index contributed by atoms with van der Waals surface area (Å²) in [5, 5.41) is 17.5. The maximum Gasteiger partial charge on any atom is 0.255 e. The summed E-state index contributed by atoms with van der Waals surface area (Å²) >= 11 is 8.98. The molecule has 0 saturated heterocycles. The molecule has 2 N–H and O–H groups in total. The molecule has 0 radical (unpaired) electrons. The Balaban J connectivity index is 1.66. The molecule has 25 heavy (non-hydrogen) atoms. The van der Waals surface area contributed by atoms with Gasteiger partial charge in [-0.05, 0) is 52.7 Å². The largest absolute Gasteiger partial charge is 0.496 e. The van der Waals surface area contributed by atoms with Gasteiger partial charge < -0.3 is 15.2 Å². The highest BCUT2D eigenvalue weighted by Crippen LogP contribution is 2.30. The number of hydrogen-bond donors (Lipinski definition) is 2. The second kappa shape index (κ2) is 8.01. The first kappa shape index (κ1) is 17.9. The molecule has 0 saturated carbocycles. The highest BCUT2D eigenvalue weighted by atomic mass is 35.5. The van der Waals surface area contributed by atoms with Crippen molar-refractivity contribution in [3.8, 4) is 5.75 Å². The van der Waals surface area contributed by atoms with Crippen molar-refractivity contribution in [3.63, 3.8) is 0 Å². The third-order valence-electron chi connectivity index (χ3n) is 3.64. The van der Waals surface area contributed by atoms with E-state index in [1.165, 1.54) is 18.4 Å². The van der Waals surface area contributed by atoms with E-state index in [9.17, 15) is 9.90 Å². The van der Waals surface area contributed by atoms with Crippen LogP contribution in [0.25, 0.3) is 0 Å². The van der Waals surface area contributed by atoms with Crippen LogP contribution in [0.3, 0.4) is 0 Å². The molecule has 0 fully saturated rings. The zero-order valence-electron chi connectivity index (χ0n) is 13.4. The van der Waals surface area contributed by atoms with E-state index >= 15 is 0 Å². The molecule has 0 aliphatic carbocycles. The summed E-state index contributed by atoms with van der Waals surface area (Å²) in [5.74, 6) is 0.217. The number of halogens is 1. The van der Waals surface area contributed by atoms with E-state index in [4.69, 9.17) is 16.3 Å². The first-order valence-corrected chi connectivity index (χ1v) is 9.62. The van der Waals surface area contributed by atoms with Crippen LogP contribution < -0.4 is 10.1 Å². The van der Waals surface area contributed by atoms with Gasteiger partial charge in [-0.1, -0.05) is 11.6 Å². The summed E-state index contributed by atoms with van der Waals surface area (Å²) in [7, 11) is 1.51. The maximum absolute atomic E-state index is 12.4. The number of rotatable bonds is 6. The van der Waals surface area contributed by atoms with Crippen LogP contribution in [0.1, 0.15) is 31.8 Å². The number of methoxy groups -OCH3 is 1. The highest BCUT2D eigenvalue weighted by Gasteiger charge is 2.15. The van der Waals surface area contributed by atoms with Gasteiger partial charge in [0, 0.05) is 14.8 Å². The van der Waals surface area contributed by atoms with Gasteiger partial charge in [-0.25, -0.2) is 0 Å². The molecule has 0 aliphatic heterocycles. The van der Waals surface area contributed by atoms with Crippen molar-refractivity contribution >= 4 is 40.2 Å². The van der Waals surface area contributed by atoms with Gasteiger partial charge in [0.2, 0.25) is 0 Å². The van der Waals surface area contributed by atoms with Crippen molar-refractivity contribution in [1.82, 2.24) is 5.32 Å². The van der Waals surface area contributed by atoms with E-state index in [0.29, 0.717) is 22.9 Å². The first-order valence-electron chi connectivity index (χ1n) is 7.49. The van der Waals surface area contributed by atoms with E-state index in [2.05, 4.69) is 5.32 Å². The lowest BCUT2D eigenvalue weighted by Gasteiger charge is -2.09. The molecule has 130 valence electrons. The second-order valence-electron chi connectivity index (χ2n) is 5.29. The molecule has 2 heterocycles. The molecule has 4 nitrogen and oxygen atoms in total. The molecule has 3 aromatic rings. The maximum atomic E-state index is 12.4. The van der Waals surface area contributed by atoms with Crippen molar-refractivity contribution in [2.24, 2.45) is 0 Å². The van der Waals surface area contributed by atoms with Gasteiger partial charge >= 0.3 is 0 Å². The topological polar surface area (TPSA) is 58.6 Å². The SMILES string of the molecule is COc1ccc(Cl)cc1C(=O)NCc1ccc(C(O)c2ccsc2)s1. The predicted molar refractivity (Wildman–Crippen MR) is 102 cm³/mol. The Kier molecular flexibility index (Phi) is 5.75. The summed E-state index contributed by atoms with van der Waals surface area (Å²) in [6.45, 7) is 0.371. The number of hydrogen-bond acceptors (Lipinski definition) is 5. The second-order valence-corrected chi connectivity index (χ2v) is 7.71. The lowest BCUT2D eigenvalue weighted by atomic mass is 10.1. The van der Waals surface area contributed by atoms with Crippen LogP contribution in [0.4, 0.5) is 0 Å². The number of carbonyl (C=O) groups is 1. The van der Waals surface area contributed by atoms with Gasteiger partial charge in [-0.2, -0.15) is 11.3 Å². The Hall–Kier alpha value is -1.86. The number of ether oxygens (including phenoxy) is 1. The molecule has 1 amide bonds. The van der Waals surface area contributed by atoms with Crippen molar-refractivity contribution in [2.45, 2.75) is 12.6 Å². The van der Waals surface area contributed by atoms with E-state index in [1.807, 2.05) is 29.0 Å². The summed E-state index contributed by atoms with van der Waals surface area (Å²) in [6.07, 6.45) is -0.631. The van der Waals surface area contributed by atoms with Crippen LogP contribution >= 0.6 is 34.3 Å². The number of aliphatic hydroxyl groups is 1. The standard InChI is InChI=1S/C18H16ClNO3S2/c1-23-15-4-2-12(19)8-14(15)18(22)20-9-13-3-5-16(25-13)17(21)11-6-7-24-10-11/h2-8,10,17,21H,9H2,1H3,(H,20,22). The van der Waals surface area contributed by atoms with E-state index in [1.54, 1.807) is 29.5 Å². The van der Waals surface area contributed by atoms with E-state index < -0.39 is 6.10 Å². The van der Waals surface area contributed by atoms with Gasteiger partial charge in [0.1, 0.15) is 11.9 Å². The van der Waals surface area contributed by atoms with Crippen LogP contribution in [-0.2, 0) is 6.54 Å². The lowest BCUT2D eigenvalue weighted by molar-refractivity contribution is 0.0948. The molecule has 1 atom stereocenters. The first-order chi connectivity index (χ1) is 12.1. The van der Waals surface area contributed by atoms with E-state index in [-0.39, 0.29) is 5.91 Å². The molecule has 7 heteroatoms. The zero-order valence-corrected chi connectivity index (χ0v) is 15.8. The highest BCUT2D eigenvalue weighted by molar-refractivity contribution is 7.12. The fourth-order valence-electron chi connectivity index (χ4n) is 2.35. The van der Waals surface area contributed by atoms with Gasteiger partial charge in [-0.3, -0.25) is 4.79 Å². The van der Waals surface area contributed by atoms with Gasteiger partial charge in [0.05, 0.1) is 19.2 Å². The van der Waals surface area contributed by atoms with Gasteiger partial charge in [0.25, 0.3) is 5.91 Å². The zero-order chi connectivity index (χ0) is 17.8. The number of benzene rings is 1. The molecule has 0 bridgehead atoms. The lowest BCUT2D eigenvalue weighted by Crippen LogP contribution is -2.22. The Morgan fingerprint density at radius 1 is 1.32 bits per heavy atom. The average molecular weight is 394 g/mol. The predicted octanol–water partition coefficient (Wildman–Crippen LogP) is 4.48. The Bertz CT molecular complexity index is 861. The number of carbonyl (C=O) groups excluding carboxylic acids is 1. The Morgan fingerprint density at radius 3 is 2.88 bits per heavy atom. The third kappa shape index (κ3) is 4.22. The van der Waals surface area contributed by atoms with Crippen molar-refractivity contribution in [1.29, 1.82) is 0 Å². The molecule has 1 aromatic carbocycles. The molecule has 1 unspecified atom stereocenters. The summed E-state index contributed by atoms with van der Waals surface area (Å²) < 4.78 is 5.20. The summed E-state index contributed by atoms with van der Waals surface area (Å²) in [6, 6.07) is 10.6. The fourth-order valence-corrected chi connectivity index (χ4v) is 4.17. The van der Waals surface area contributed by atoms with E-state index in [0.717, 1.165) is 15.3 Å². The molecule has 3 rings (SSSR count). The average Bonchev–Trinajstić information content (AvgIpc) is 3.31. The van der Waals surface area contributed by atoms with Gasteiger partial charge in [0.15, 0.2) is 0 Å². The number of thiophene rings is 2. The Labute approximate surface area is 158 Å². The minimum Gasteiger partial charge on any atom is -0.496 e. The van der Waals surface area contributed by atoms with Gasteiger partial charge in [-0.15, -0.1) is 11.3 Å². The number of amides is 1. The Morgan fingerprint density at radius 2 is 2.16 bits per heavy atom. The van der Waals surface area contributed by atoms with Crippen LogP contribution in [0.5, 0.6) is 5.75 Å². The summed E-state index contributed by atoms with van der Waals surface area (Å²) in [5.41, 5.74) is 1.27. The fraction of sp³-hybridized carbons (Fsp3) is 0.167. The number of aliphatic hydroxyl groups excluding tert-OH is 1. The monoisotopic (exact) mass is 393 g/mol. The molecule has 0 spiro atoms. The summed E-state index contributed by atoms with van der Waals surface area (Å²) in [4.78, 5) is 14.2.